The topological polar surface area (TPSA) is 105 Å². The lowest BCUT2D eigenvalue weighted by atomic mass is 9.91. The van der Waals surface area contributed by atoms with Gasteiger partial charge < -0.3 is 25.0 Å². The summed E-state index contributed by atoms with van der Waals surface area (Å²) >= 11 is 0. The molecule has 2 bridgehead atoms. The zero-order valence-electron chi connectivity index (χ0n) is 17.8. The molecule has 1 saturated heterocycles. The van der Waals surface area contributed by atoms with Gasteiger partial charge in [-0.3, -0.25) is 4.79 Å². The van der Waals surface area contributed by atoms with Crippen molar-refractivity contribution in [3.05, 3.63) is 41.6 Å². The van der Waals surface area contributed by atoms with E-state index in [0.29, 0.717) is 37.7 Å². The van der Waals surface area contributed by atoms with Crippen LogP contribution in [0.3, 0.4) is 0 Å². The summed E-state index contributed by atoms with van der Waals surface area (Å²) in [5.41, 5.74) is 0.288. The third-order valence-electron chi connectivity index (χ3n) is 5.45. The second kappa shape index (κ2) is 9.18. The minimum Gasteiger partial charge on any atom is -0.507 e. The number of carbonyl (C=O) groups is 2. The second-order valence-corrected chi connectivity index (χ2v) is 9.15. The molecule has 1 fully saturated rings. The van der Waals surface area contributed by atoms with Crippen molar-refractivity contribution >= 4 is 11.9 Å². The number of cyclic esters (lactones) is 1. The number of phenolic OH excluding ortho intramolecular Hbond substituents is 1. The quantitative estimate of drug-likeness (QED) is 0.653. The Bertz CT molecular complexity index is 812. The van der Waals surface area contributed by atoms with E-state index >= 15 is 0 Å². The number of nitrogens with one attached hydrogen (secondary N) is 1. The van der Waals surface area contributed by atoms with Gasteiger partial charge in [0.05, 0.1) is 18.3 Å². The van der Waals surface area contributed by atoms with Gasteiger partial charge in [0.1, 0.15) is 17.4 Å². The van der Waals surface area contributed by atoms with Gasteiger partial charge in [0, 0.05) is 18.3 Å². The molecule has 3 rings (SSSR count). The average molecular weight is 418 g/mol. The summed E-state index contributed by atoms with van der Waals surface area (Å²) in [5, 5.41) is 23.3. The Kier molecular flexibility index (Phi) is 6.83. The summed E-state index contributed by atoms with van der Waals surface area (Å²) < 4.78 is 11.9. The SMILES string of the molecule is CC(C)(C)C(=O)N/C=C/CC1CC2C[C@H](O)C[C@H](Cc3cccc(O)c3C(=O)O1)O2. The predicted octanol–water partition coefficient (Wildman–Crippen LogP) is 2.84. The molecule has 2 unspecified atom stereocenters. The van der Waals surface area contributed by atoms with Crippen LogP contribution < -0.4 is 5.32 Å². The molecule has 0 spiro atoms. The number of benzene rings is 1. The predicted molar refractivity (Wildman–Crippen MR) is 111 cm³/mol. The summed E-state index contributed by atoms with van der Waals surface area (Å²) in [7, 11) is 0. The van der Waals surface area contributed by atoms with Gasteiger partial charge in [-0.25, -0.2) is 4.79 Å². The third kappa shape index (κ3) is 5.61. The number of fused-ring (bicyclic) bond motifs is 3. The number of phenols is 1. The van der Waals surface area contributed by atoms with Gasteiger partial charge in [-0.15, -0.1) is 0 Å². The number of amides is 1. The van der Waals surface area contributed by atoms with Gasteiger partial charge in [0.15, 0.2) is 0 Å². The van der Waals surface area contributed by atoms with Crippen molar-refractivity contribution in [2.75, 3.05) is 0 Å². The van der Waals surface area contributed by atoms with Crippen molar-refractivity contribution in [1.29, 1.82) is 0 Å². The number of aromatic hydroxyl groups is 1. The Balaban J connectivity index is 1.78. The monoisotopic (exact) mass is 417 g/mol. The average Bonchev–Trinajstić information content (AvgIpc) is 2.63. The highest BCUT2D eigenvalue weighted by Crippen LogP contribution is 2.32. The molecular weight excluding hydrogens is 386 g/mol. The zero-order valence-corrected chi connectivity index (χ0v) is 17.8. The van der Waals surface area contributed by atoms with Crippen LogP contribution in [0.5, 0.6) is 5.75 Å². The molecule has 0 aromatic heterocycles. The lowest BCUT2D eigenvalue weighted by molar-refractivity contribution is -0.127. The first-order valence-corrected chi connectivity index (χ1v) is 10.4. The van der Waals surface area contributed by atoms with E-state index in [1.807, 2.05) is 20.8 Å². The normalized spacial score (nSPS) is 27.3. The number of aliphatic hydroxyl groups is 1. The van der Waals surface area contributed by atoms with Gasteiger partial charge in [-0.2, -0.15) is 0 Å². The third-order valence-corrected chi connectivity index (χ3v) is 5.45. The number of esters is 1. The van der Waals surface area contributed by atoms with Crippen LogP contribution in [0.15, 0.2) is 30.5 Å². The van der Waals surface area contributed by atoms with Crippen LogP contribution in [0.4, 0.5) is 0 Å². The molecule has 164 valence electrons. The molecule has 7 nitrogen and oxygen atoms in total. The fourth-order valence-corrected chi connectivity index (χ4v) is 3.87. The van der Waals surface area contributed by atoms with Gasteiger partial charge >= 0.3 is 5.97 Å². The summed E-state index contributed by atoms with van der Waals surface area (Å²) in [4.78, 5) is 24.8. The van der Waals surface area contributed by atoms with Gasteiger partial charge in [-0.1, -0.05) is 39.0 Å². The largest absolute Gasteiger partial charge is 0.507 e. The molecule has 0 radical (unpaired) electrons. The maximum absolute atomic E-state index is 12.8. The van der Waals surface area contributed by atoms with Gasteiger partial charge in [0.25, 0.3) is 0 Å². The van der Waals surface area contributed by atoms with Gasteiger partial charge in [-0.05, 0) is 37.1 Å². The van der Waals surface area contributed by atoms with Crippen molar-refractivity contribution in [3.8, 4) is 5.75 Å². The molecule has 1 aromatic carbocycles. The smallest absolute Gasteiger partial charge is 0.342 e. The lowest BCUT2D eigenvalue weighted by Gasteiger charge is -2.36. The Hall–Kier alpha value is -2.38. The molecule has 30 heavy (non-hydrogen) atoms. The van der Waals surface area contributed by atoms with Crippen LogP contribution in [0.1, 0.15) is 62.4 Å². The maximum atomic E-state index is 12.8. The molecular formula is C23H31NO6. The fraction of sp³-hybridized carbons (Fsp3) is 0.565. The number of hydrogen-bond acceptors (Lipinski definition) is 6. The van der Waals surface area contributed by atoms with Crippen molar-refractivity contribution < 1.29 is 29.3 Å². The van der Waals surface area contributed by atoms with E-state index in [1.165, 1.54) is 6.07 Å². The molecule has 2 heterocycles. The van der Waals surface area contributed by atoms with Crippen molar-refractivity contribution in [2.45, 2.75) is 77.3 Å². The van der Waals surface area contributed by atoms with E-state index in [-0.39, 0.29) is 29.4 Å². The van der Waals surface area contributed by atoms with Crippen LogP contribution >= 0.6 is 0 Å². The molecule has 2 aliphatic heterocycles. The van der Waals surface area contributed by atoms with E-state index in [4.69, 9.17) is 9.47 Å². The fourth-order valence-electron chi connectivity index (χ4n) is 3.87. The summed E-state index contributed by atoms with van der Waals surface area (Å²) in [6.07, 6.45) is 4.07. The van der Waals surface area contributed by atoms with E-state index in [0.717, 1.165) is 0 Å². The highest BCUT2D eigenvalue weighted by Gasteiger charge is 2.34. The van der Waals surface area contributed by atoms with Crippen LogP contribution in [-0.2, 0) is 20.7 Å². The molecule has 1 aromatic rings. The molecule has 0 aliphatic carbocycles. The van der Waals surface area contributed by atoms with Crippen LogP contribution in [0, 0.1) is 5.41 Å². The highest BCUT2D eigenvalue weighted by atomic mass is 16.5. The van der Waals surface area contributed by atoms with E-state index in [9.17, 15) is 19.8 Å². The zero-order chi connectivity index (χ0) is 21.9. The van der Waals surface area contributed by atoms with Crippen LogP contribution in [-0.4, -0.2) is 46.5 Å². The standard InChI is InChI=1S/C23H31NO6/c1-23(2,3)22(28)24-9-5-7-16-13-18-12-15(25)11-17(29-18)10-14-6-4-8-19(26)20(14)21(27)30-16/h4-6,8-9,15-18,25-26H,7,10-13H2,1-3H3,(H,24,28)/b9-5+/t15-,16?,17+,18?/m1/s1. The van der Waals surface area contributed by atoms with E-state index in [2.05, 4.69) is 5.32 Å². The molecule has 4 atom stereocenters. The minimum absolute atomic E-state index is 0.109. The molecule has 0 saturated carbocycles. The number of rotatable bonds is 3. The molecule has 7 heteroatoms. The van der Waals surface area contributed by atoms with Gasteiger partial charge in [0.2, 0.25) is 5.91 Å². The van der Waals surface area contributed by atoms with Crippen LogP contribution in [0.25, 0.3) is 0 Å². The lowest BCUT2D eigenvalue weighted by Crippen LogP contribution is -2.40. The molecule has 3 N–H and O–H groups in total. The second-order valence-electron chi connectivity index (χ2n) is 9.15. The van der Waals surface area contributed by atoms with Crippen LogP contribution in [0.2, 0.25) is 0 Å². The number of ether oxygens (including phenoxy) is 2. The van der Waals surface area contributed by atoms with E-state index < -0.39 is 23.6 Å². The Morgan fingerprint density at radius 3 is 2.70 bits per heavy atom. The number of hydrogen-bond donors (Lipinski definition) is 3. The Morgan fingerprint density at radius 1 is 1.23 bits per heavy atom. The molecule has 1 amide bonds. The number of aliphatic hydroxyl groups excluding tert-OH is 1. The molecule has 2 aliphatic rings. The van der Waals surface area contributed by atoms with Crippen molar-refractivity contribution in [3.63, 3.8) is 0 Å². The Morgan fingerprint density at radius 2 is 1.97 bits per heavy atom. The van der Waals surface area contributed by atoms with Crippen molar-refractivity contribution in [2.24, 2.45) is 5.41 Å². The summed E-state index contributed by atoms with van der Waals surface area (Å²) in [6.45, 7) is 5.47. The summed E-state index contributed by atoms with van der Waals surface area (Å²) in [5.74, 6) is -0.805. The first-order valence-electron chi connectivity index (χ1n) is 10.4. The van der Waals surface area contributed by atoms with E-state index in [1.54, 1.807) is 24.4 Å². The number of carbonyl (C=O) groups excluding carboxylic acids is 2. The Labute approximate surface area is 177 Å². The first-order chi connectivity index (χ1) is 14.1. The minimum atomic E-state index is -0.569. The first kappa shape index (κ1) is 22.3. The maximum Gasteiger partial charge on any atom is 0.342 e. The highest BCUT2D eigenvalue weighted by molar-refractivity contribution is 5.94. The summed E-state index contributed by atoms with van der Waals surface area (Å²) in [6, 6.07) is 4.92. The van der Waals surface area contributed by atoms with Crippen molar-refractivity contribution in [1.82, 2.24) is 5.32 Å².